The molecule has 0 amide bonds. The van der Waals surface area contributed by atoms with Crippen LogP contribution in [0.1, 0.15) is 38.5 Å². The summed E-state index contributed by atoms with van der Waals surface area (Å²) in [4.78, 5) is 10.7. The van der Waals surface area contributed by atoms with Crippen molar-refractivity contribution in [2.45, 2.75) is 38.5 Å². The van der Waals surface area contributed by atoms with Gasteiger partial charge in [-0.1, -0.05) is 32.1 Å². The van der Waals surface area contributed by atoms with Gasteiger partial charge in [0.2, 0.25) is 0 Å². The van der Waals surface area contributed by atoms with Crippen LogP contribution in [0.25, 0.3) is 0 Å². The molecule has 1 N–H and O–H groups in total. The van der Waals surface area contributed by atoms with E-state index in [-0.39, 0.29) is 10.6 Å². The van der Waals surface area contributed by atoms with Crippen LogP contribution < -0.4 is 5.32 Å². The molecule has 0 spiro atoms. The van der Waals surface area contributed by atoms with Crippen molar-refractivity contribution in [3.8, 4) is 0 Å². The van der Waals surface area contributed by atoms with Gasteiger partial charge >= 0.3 is 0 Å². The SMILES string of the molecule is O=[N+]([O-])c1cc(I)ccc1NCCC1CCCCC1. The molecule has 0 heterocycles. The van der Waals surface area contributed by atoms with Gasteiger partial charge in [0.15, 0.2) is 0 Å². The molecule has 0 bridgehead atoms. The van der Waals surface area contributed by atoms with Gasteiger partial charge < -0.3 is 5.32 Å². The van der Waals surface area contributed by atoms with Gasteiger partial charge in [0.25, 0.3) is 5.69 Å². The molecule has 1 saturated carbocycles. The lowest BCUT2D eigenvalue weighted by molar-refractivity contribution is -0.384. The average Bonchev–Trinajstić information content (AvgIpc) is 2.41. The van der Waals surface area contributed by atoms with Gasteiger partial charge in [0.05, 0.1) is 4.92 Å². The lowest BCUT2D eigenvalue weighted by atomic mass is 9.87. The Kier molecular flexibility index (Phi) is 5.42. The number of nitrogens with one attached hydrogen (secondary N) is 1. The summed E-state index contributed by atoms with van der Waals surface area (Å²) in [6, 6.07) is 5.32. The van der Waals surface area contributed by atoms with E-state index in [9.17, 15) is 10.1 Å². The molecule has 2 rings (SSSR count). The second kappa shape index (κ2) is 7.07. The average molecular weight is 374 g/mol. The van der Waals surface area contributed by atoms with Gasteiger partial charge in [-0.05, 0) is 47.1 Å². The van der Waals surface area contributed by atoms with Crippen molar-refractivity contribution in [2.24, 2.45) is 5.92 Å². The van der Waals surface area contributed by atoms with Crippen LogP contribution in [-0.2, 0) is 0 Å². The summed E-state index contributed by atoms with van der Waals surface area (Å²) in [5.41, 5.74) is 0.816. The molecule has 4 nitrogen and oxygen atoms in total. The van der Waals surface area contributed by atoms with Gasteiger partial charge in [0, 0.05) is 16.2 Å². The van der Waals surface area contributed by atoms with Crippen LogP contribution in [0, 0.1) is 19.6 Å². The van der Waals surface area contributed by atoms with Gasteiger partial charge in [-0.25, -0.2) is 0 Å². The Balaban J connectivity index is 1.89. The predicted octanol–water partition coefficient (Wildman–Crippen LogP) is 4.58. The first-order valence-corrected chi connectivity index (χ1v) is 7.92. The van der Waals surface area contributed by atoms with Crippen LogP contribution in [0.4, 0.5) is 11.4 Å². The van der Waals surface area contributed by atoms with Crippen molar-refractivity contribution in [1.29, 1.82) is 0 Å². The molecule has 19 heavy (non-hydrogen) atoms. The number of hydrogen-bond donors (Lipinski definition) is 1. The fraction of sp³-hybridized carbons (Fsp3) is 0.571. The molecule has 1 aromatic carbocycles. The Morgan fingerprint density at radius 2 is 2.05 bits per heavy atom. The van der Waals surface area contributed by atoms with E-state index in [4.69, 9.17) is 0 Å². The second-order valence-corrected chi connectivity index (χ2v) is 6.38. The third kappa shape index (κ3) is 4.33. The third-order valence-electron chi connectivity index (χ3n) is 3.75. The predicted molar refractivity (Wildman–Crippen MR) is 85.5 cm³/mol. The number of nitro groups is 1. The van der Waals surface area contributed by atoms with Crippen LogP contribution in [0.15, 0.2) is 18.2 Å². The Morgan fingerprint density at radius 3 is 2.74 bits per heavy atom. The maximum atomic E-state index is 11.0. The number of hydrogen-bond acceptors (Lipinski definition) is 3. The summed E-state index contributed by atoms with van der Waals surface area (Å²) < 4.78 is 0.891. The first-order valence-electron chi connectivity index (χ1n) is 6.84. The molecule has 1 fully saturated rings. The highest BCUT2D eigenvalue weighted by Crippen LogP contribution is 2.28. The smallest absolute Gasteiger partial charge is 0.293 e. The zero-order valence-electron chi connectivity index (χ0n) is 10.9. The van der Waals surface area contributed by atoms with Gasteiger partial charge in [-0.15, -0.1) is 0 Å². The highest BCUT2D eigenvalue weighted by molar-refractivity contribution is 14.1. The van der Waals surface area contributed by atoms with Crippen molar-refractivity contribution < 1.29 is 4.92 Å². The topological polar surface area (TPSA) is 55.2 Å². The third-order valence-corrected chi connectivity index (χ3v) is 4.42. The van der Waals surface area contributed by atoms with Crippen molar-refractivity contribution in [1.82, 2.24) is 0 Å². The molecule has 0 radical (unpaired) electrons. The largest absolute Gasteiger partial charge is 0.379 e. The van der Waals surface area contributed by atoms with E-state index in [2.05, 4.69) is 27.9 Å². The molecule has 0 aliphatic heterocycles. The highest BCUT2D eigenvalue weighted by Gasteiger charge is 2.16. The summed E-state index contributed by atoms with van der Waals surface area (Å²) in [6.45, 7) is 0.825. The molecule has 1 aromatic rings. The molecule has 1 aliphatic carbocycles. The lowest BCUT2D eigenvalue weighted by Gasteiger charge is -2.21. The minimum atomic E-state index is -0.314. The fourth-order valence-corrected chi connectivity index (χ4v) is 3.17. The Bertz CT molecular complexity index is 445. The van der Waals surface area contributed by atoms with Crippen LogP contribution >= 0.6 is 22.6 Å². The molecule has 0 saturated heterocycles. The van der Waals surface area contributed by atoms with Crippen molar-refractivity contribution in [2.75, 3.05) is 11.9 Å². The Hall–Kier alpha value is -0.850. The van der Waals surface area contributed by atoms with Crippen molar-refractivity contribution in [3.05, 3.63) is 31.9 Å². The molecular formula is C14H19IN2O2. The summed E-state index contributed by atoms with van der Waals surface area (Å²) in [6.07, 6.45) is 7.80. The van der Waals surface area contributed by atoms with E-state index >= 15 is 0 Å². The van der Waals surface area contributed by atoms with E-state index in [1.165, 1.54) is 32.1 Å². The number of rotatable bonds is 5. The standard InChI is InChI=1S/C14H19IN2O2/c15-12-6-7-13(14(10-12)17(18)19)16-9-8-11-4-2-1-3-5-11/h6-7,10-11,16H,1-5,8-9H2. The van der Waals surface area contributed by atoms with E-state index < -0.39 is 0 Å². The minimum absolute atomic E-state index is 0.176. The fourth-order valence-electron chi connectivity index (χ4n) is 2.69. The molecule has 104 valence electrons. The van der Waals surface area contributed by atoms with Crippen LogP contribution in [-0.4, -0.2) is 11.5 Å². The molecular weight excluding hydrogens is 355 g/mol. The molecule has 0 aromatic heterocycles. The van der Waals surface area contributed by atoms with Crippen LogP contribution in [0.2, 0.25) is 0 Å². The monoisotopic (exact) mass is 374 g/mol. The zero-order valence-corrected chi connectivity index (χ0v) is 13.1. The maximum absolute atomic E-state index is 11.0. The van der Waals surface area contributed by atoms with E-state index in [0.29, 0.717) is 5.69 Å². The lowest BCUT2D eigenvalue weighted by Crippen LogP contribution is -2.12. The van der Waals surface area contributed by atoms with Crippen molar-refractivity contribution in [3.63, 3.8) is 0 Å². The molecule has 5 heteroatoms. The maximum Gasteiger partial charge on any atom is 0.293 e. The minimum Gasteiger partial charge on any atom is -0.379 e. The Labute approximate surface area is 127 Å². The van der Waals surface area contributed by atoms with Crippen molar-refractivity contribution >= 4 is 34.0 Å². The first kappa shape index (κ1) is 14.6. The normalized spacial score (nSPS) is 16.3. The van der Waals surface area contributed by atoms with Crippen LogP contribution in [0.5, 0.6) is 0 Å². The zero-order chi connectivity index (χ0) is 13.7. The van der Waals surface area contributed by atoms with Crippen LogP contribution in [0.3, 0.4) is 0 Å². The number of benzene rings is 1. The second-order valence-electron chi connectivity index (χ2n) is 5.14. The van der Waals surface area contributed by atoms with E-state index in [1.807, 2.05) is 6.07 Å². The summed E-state index contributed by atoms with van der Waals surface area (Å²) in [5, 5.41) is 14.2. The van der Waals surface area contributed by atoms with E-state index in [1.54, 1.807) is 12.1 Å². The van der Waals surface area contributed by atoms with Gasteiger partial charge in [0.1, 0.15) is 5.69 Å². The first-order chi connectivity index (χ1) is 9.16. The number of anilines is 1. The quantitative estimate of drug-likeness (QED) is 0.466. The molecule has 0 atom stereocenters. The molecule has 0 unspecified atom stereocenters. The number of halogens is 1. The van der Waals surface area contributed by atoms with E-state index in [0.717, 1.165) is 22.5 Å². The highest BCUT2D eigenvalue weighted by atomic mass is 127. The molecule has 1 aliphatic rings. The van der Waals surface area contributed by atoms with Gasteiger partial charge in [-0.3, -0.25) is 10.1 Å². The summed E-state index contributed by atoms with van der Waals surface area (Å²) in [5.74, 6) is 0.796. The summed E-state index contributed by atoms with van der Waals surface area (Å²) in [7, 11) is 0. The number of nitro benzene ring substituents is 1. The number of nitrogens with zero attached hydrogens (tertiary/aromatic N) is 1. The Morgan fingerprint density at radius 1 is 1.32 bits per heavy atom. The summed E-state index contributed by atoms with van der Waals surface area (Å²) >= 11 is 2.10. The van der Waals surface area contributed by atoms with Gasteiger partial charge in [-0.2, -0.15) is 0 Å².